The highest BCUT2D eigenvalue weighted by atomic mass is 35.5. The molecular weight excluding hydrogens is 276 g/mol. The number of hydrogen-bond donors (Lipinski definition) is 0. The molecule has 1 aliphatic heterocycles. The number of halogens is 1. The van der Waals surface area contributed by atoms with Crippen LogP contribution in [0.5, 0.6) is 0 Å². The summed E-state index contributed by atoms with van der Waals surface area (Å²) in [4.78, 5) is 29.7. The van der Waals surface area contributed by atoms with Crippen LogP contribution in [-0.2, 0) is 11.2 Å². The highest BCUT2D eigenvalue weighted by Gasteiger charge is 2.37. The van der Waals surface area contributed by atoms with Gasteiger partial charge in [0, 0.05) is 24.9 Å². The van der Waals surface area contributed by atoms with Crippen molar-refractivity contribution in [3.8, 4) is 0 Å². The van der Waals surface area contributed by atoms with Gasteiger partial charge in [0.15, 0.2) is 0 Å². The number of hydrogen-bond acceptors (Lipinski definition) is 3. The second-order valence-corrected chi connectivity index (χ2v) is 4.90. The van der Waals surface area contributed by atoms with Crippen LogP contribution in [0.15, 0.2) is 42.6 Å². The Bertz CT molecular complexity index is 686. The fourth-order valence-electron chi connectivity index (χ4n) is 2.30. The van der Waals surface area contributed by atoms with Gasteiger partial charge in [-0.15, -0.1) is 0 Å². The summed E-state index contributed by atoms with van der Waals surface area (Å²) in [5, 5.41) is 0.321. The molecule has 1 aromatic carbocycles. The third kappa shape index (κ3) is 2.08. The van der Waals surface area contributed by atoms with Gasteiger partial charge in [0.2, 0.25) is 0 Å². The summed E-state index contributed by atoms with van der Waals surface area (Å²) in [6, 6.07) is 10.7. The van der Waals surface area contributed by atoms with Gasteiger partial charge in [0.05, 0.1) is 16.3 Å². The van der Waals surface area contributed by atoms with Gasteiger partial charge in [0.1, 0.15) is 0 Å². The zero-order chi connectivity index (χ0) is 14.1. The summed E-state index contributed by atoms with van der Waals surface area (Å²) >= 11 is 6.00. The lowest BCUT2D eigenvalue weighted by Crippen LogP contribution is -2.31. The number of nitrogens with zero attached hydrogens (tertiary/aromatic N) is 2. The molecule has 0 bridgehead atoms. The summed E-state index contributed by atoms with van der Waals surface area (Å²) in [6.07, 6.45) is 2.29. The van der Waals surface area contributed by atoms with E-state index in [1.54, 1.807) is 24.4 Å². The molecule has 0 aliphatic carbocycles. The van der Waals surface area contributed by atoms with Crippen molar-refractivity contribution in [1.82, 2.24) is 4.98 Å². The topological polar surface area (TPSA) is 50.3 Å². The van der Waals surface area contributed by atoms with Gasteiger partial charge < -0.3 is 4.90 Å². The number of carbonyl (C=O) groups excluding carboxylic acids is 2. The maximum atomic E-state index is 12.0. The minimum atomic E-state index is -0.536. The number of benzene rings is 1. The number of rotatable bonds is 3. The van der Waals surface area contributed by atoms with E-state index in [4.69, 9.17) is 11.6 Å². The quantitative estimate of drug-likeness (QED) is 0.815. The number of aromatic nitrogens is 1. The maximum Gasteiger partial charge on any atom is 0.299 e. The number of ketones is 1. The first-order chi connectivity index (χ1) is 9.68. The monoisotopic (exact) mass is 286 g/mol. The Morgan fingerprint density at radius 1 is 1.10 bits per heavy atom. The maximum absolute atomic E-state index is 12.0. The van der Waals surface area contributed by atoms with Gasteiger partial charge in [-0.1, -0.05) is 23.7 Å². The number of pyridine rings is 1. The van der Waals surface area contributed by atoms with E-state index in [0.717, 1.165) is 5.69 Å². The van der Waals surface area contributed by atoms with E-state index in [2.05, 4.69) is 4.98 Å². The van der Waals surface area contributed by atoms with Gasteiger partial charge in [0.25, 0.3) is 11.7 Å². The number of fused-ring (bicyclic) bond motifs is 1. The van der Waals surface area contributed by atoms with E-state index < -0.39 is 11.7 Å². The molecule has 4 nitrogen and oxygen atoms in total. The Morgan fingerprint density at radius 2 is 1.95 bits per heavy atom. The number of carbonyl (C=O) groups is 2. The molecule has 5 heteroatoms. The Balaban J connectivity index is 1.87. The summed E-state index contributed by atoms with van der Waals surface area (Å²) in [5.74, 6) is -1.06. The van der Waals surface area contributed by atoms with E-state index in [0.29, 0.717) is 29.2 Å². The van der Waals surface area contributed by atoms with Crippen molar-refractivity contribution in [1.29, 1.82) is 0 Å². The largest absolute Gasteiger partial charge is 0.304 e. The van der Waals surface area contributed by atoms with Crippen LogP contribution in [0, 0.1) is 0 Å². The third-order valence-corrected chi connectivity index (χ3v) is 3.58. The van der Waals surface area contributed by atoms with E-state index in [1.165, 1.54) is 4.90 Å². The van der Waals surface area contributed by atoms with Crippen molar-refractivity contribution in [2.75, 3.05) is 11.4 Å². The van der Waals surface area contributed by atoms with Crippen LogP contribution in [0.4, 0.5) is 5.69 Å². The van der Waals surface area contributed by atoms with Crippen LogP contribution in [-0.4, -0.2) is 23.2 Å². The minimum absolute atomic E-state index is 0.306. The molecule has 0 atom stereocenters. The number of amides is 1. The Morgan fingerprint density at radius 3 is 2.70 bits per heavy atom. The lowest BCUT2D eigenvalue weighted by molar-refractivity contribution is -0.114. The van der Waals surface area contributed by atoms with Crippen molar-refractivity contribution in [2.45, 2.75) is 6.42 Å². The molecule has 0 unspecified atom stereocenters. The molecule has 100 valence electrons. The molecule has 0 spiro atoms. The Hall–Kier alpha value is -2.20. The highest BCUT2D eigenvalue weighted by molar-refractivity contribution is 6.55. The van der Waals surface area contributed by atoms with Crippen molar-refractivity contribution < 1.29 is 9.59 Å². The predicted molar refractivity (Wildman–Crippen MR) is 76.1 cm³/mol. The number of Topliss-reactive ketones (excluding diaryl/α,β-unsaturated/α-hetero) is 1. The Labute approximate surface area is 121 Å². The van der Waals surface area contributed by atoms with Gasteiger partial charge in [-0.3, -0.25) is 14.6 Å². The minimum Gasteiger partial charge on any atom is -0.304 e. The molecule has 1 aromatic heterocycles. The molecule has 2 aromatic rings. The van der Waals surface area contributed by atoms with Gasteiger partial charge >= 0.3 is 0 Å². The summed E-state index contributed by atoms with van der Waals surface area (Å²) in [6.45, 7) is 0.412. The zero-order valence-corrected chi connectivity index (χ0v) is 11.3. The third-order valence-electron chi connectivity index (χ3n) is 3.27. The van der Waals surface area contributed by atoms with Gasteiger partial charge in [-0.25, -0.2) is 0 Å². The van der Waals surface area contributed by atoms with Crippen molar-refractivity contribution >= 4 is 29.0 Å². The second-order valence-electron chi connectivity index (χ2n) is 4.49. The van der Waals surface area contributed by atoms with Crippen LogP contribution < -0.4 is 4.90 Å². The van der Waals surface area contributed by atoms with E-state index in [-0.39, 0.29) is 0 Å². The highest BCUT2D eigenvalue weighted by Crippen LogP contribution is 2.33. The molecule has 1 amide bonds. The predicted octanol–water partition coefficient (Wildman–Crippen LogP) is 2.51. The molecule has 1 aliphatic rings. The molecule has 3 rings (SSSR count). The van der Waals surface area contributed by atoms with Gasteiger partial charge in [-0.05, 0) is 24.3 Å². The average molecular weight is 287 g/mol. The van der Waals surface area contributed by atoms with Crippen LogP contribution in [0.25, 0.3) is 0 Å². The first-order valence-electron chi connectivity index (χ1n) is 6.23. The fraction of sp³-hybridized carbons (Fsp3) is 0.133. The molecule has 0 saturated heterocycles. The molecule has 0 saturated carbocycles. The van der Waals surface area contributed by atoms with Crippen LogP contribution in [0.1, 0.15) is 16.1 Å². The molecule has 0 radical (unpaired) electrons. The Kier molecular flexibility index (Phi) is 3.24. The standard InChI is InChI=1S/C15H11ClN2O2/c16-11-5-3-6-12-13(11)14(19)15(20)18(12)9-7-10-4-1-2-8-17-10/h1-6,8H,7,9H2. The van der Waals surface area contributed by atoms with Crippen LogP contribution in [0.2, 0.25) is 5.02 Å². The normalized spacial score (nSPS) is 13.8. The fourth-order valence-corrected chi connectivity index (χ4v) is 2.55. The lowest BCUT2D eigenvalue weighted by Gasteiger charge is -2.16. The summed E-state index contributed by atoms with van der Waals surface area (Å²) in [7, 11) is 0. The molecule has 0 fully saturated rings. The first-order valence-corrected chi connectivity index (χ1v) is 6.61. The smallest absolute Gasteiger partial charge is 0.299 e. The van der Waals surface area contributed by atoms with Crippen molar-refractivity contribution in [3.63, 3.8) is 0 Å². The van der Waals surface area contributed by atoms with Crippen molar-refractivity contribution in [2.24, 2.45) is 0 Å². The summed E-state index contributed by atoms with van der Waals surface area (Å²) < 4.78 is 0. The van der Waals surface area contributed by atoms with Crippen molar-refractivity contribution in [3.05, 3.63) is 58.9 Å². The zero-order valence-electron chi connectivity index (χ0n) is 10.5. The van der Waals surface area contributed by atoms with Gasteiger partial charge in [-0.2, -0.15) is 0 Å². The molecular formula is C15H11ClN2O2. The summed E-state index contributed by atoms with van der Waals surface area (Å²) in [5.41, 5.74) is 1.77. The SMILES string of the molecule is O=C1C(=O)N(CCc2ccccn2)c2cccc(Cl)c21. The van der Waals surface area contributed by atoms with E-state index in [1.807, 2.05) is 18.2 Å². The molecule has 0 N–H and O–H groups in total. The first kappa shape index (κ1) is 12.8. The van der Waals surface area contributed by atoms with Crippen LogP contribution in [0.3, 0.4) is 0 Å². The number of anilines is 1. The van der Waals surface area contributed by atoms with E-state index >= 15 is 0 Å². The molecule has 20 heavy (non-hydrogen) atoms. The molecule has 2 heterocycles. The second kappa shape index (κ2) is 5.06. The average Bonchev–Trinajstić information content (AvgIpc) is 2.71. The lowest BCUT2D eigenvalue weighted by atomic mass is 10.1. The van der Waals surface area contributed by atoms with E-state index in [9.17, 15) is 9.59 Å². The van der Waals surface area contributed by atoms with Crippen LogP contribution >= 0.6 is 11.6 Å².